The van der Waals surface area contributed by atoms with Crippen molar-refractivity contribution in [1.82, 2.24) is 0 Å². The third-order valence-electron chi connectivity index (χ3n) is 0.354. The van der Waals surface area contributed by atoms with Gasteiger partial charge in [-0.15, -0.1) is 6.04 Å². The Bertz CT molecular complexity index is 64.0. The quantitative estimate of drug-likeness (QED) is 0.415. The fourth-order valence-electron chi connectivity index (χ4n) is 0. The Morgan fingerprint density at radius 3 is 2.00 bits per heavy atom. The number of carboxylic acid groups (broad SMARTS) is 1. The molecule has 0 bridgehead atoms. The number of nitrogens with one attached hydrogen (secondary N) is 1. The first-order valence-corrected chi connectivity index (χ1v) is 1.56. The first-order valence-electron chi connectivity index (χ1n) is 1.56. The Labute approximate surface area is 71.9 Å². The van der Waals surface area contributed by atoms with E-state index in [0.29, 0.717) is 0 Å². The van der Waals surface area contributed by atoms with Crippen LogP contribution in [0.25, 0.3) is 5.73 Å². The topological polar surface area (TPSA) is 63.9 Å². The van der Waals surface area contributed by atoms with Crippen LogP contribution in [0.4, 0.5) is 0 Å². The van der Waals surface area contributed by atoms with Gasteiger partial charge in [-0.25, -0.2) is 0 Å². The van der Waals surface area contributed by atoms with Gasteiger partial charge in [0.2, 0.25) is 0 Å². The predicted octanol–water partition coefficient (Wildman–Crippen LogP) is -1.20. The summed E-state index contributed by atoms with van der Waals surface area (Å²) in [6.07, 6.45) is 0. The molecule has 36 valence electrons. The number of carbonyl (C=O) groups excluding carboxylic acids is 1. The minimum absolute atomic E-state index is 0. The molecule has 7 heavy (non-hydrogen) atoms. The van der Waals surface area contributed by atoms with Crippen molar-refractivity contribution in [2.24, 2.45) is 0 Å². The molecule has 0 aromatic rings. The second kappa shape index (κ2) is 4.84. The molecule has 0 saturated carbocycles. The van der Waals surface area contributed by atoms with E-state index in [1.807, 2.05) is 0 Å². The fraction of sp³-hybridized carbons (Fsp3) is 0.667. The maximum Gasteiger partial charge on any atom is 2.00 e. The molecule has 0 unspecified atom stereocenters. The molecular weight excluding hydrogens is 122 g/mol. The van der Waals surface area contributed by atoms with E-state index in [9.17, 15) is 9.90 Å². The van der Waals surface area contributed by atoms with Crippen LogP contribution < -0.4 is 5.11 Å². The predicted molar refractivity (Wildman–Crippen MR) is 24.5 cm³/mol. The van der Waals surface area contributed by atoms with Gasteiger partial charge in [0.25, 0.3) is 0 Å². The van der Waals surface area contributed by atoms with Crippen LogP contribution in [0.15, 0.2) is 0 Å². The Hall–Kier alpha value is 0.690. The van der Waals surface area contributed by atoms with Crippen LogP contribution in [0.2, 0.25) is 0 Å². The van der Waals surface area contributed by atoms with Crippen molar-refractivity contribution in [3.8, 4) is 0 Å². The largest absolute Gasteiger partial charge is 2.00 e. The minimum atomic E-state index is -1.32. The average molecular weight is 127 g/mol. The first-order chi connectivity index (χ1) is 2.64. The molecule has 0 rings (SSSR count). The maximum absolute atomic E-state index is 9.40. The maximum atomic E-state index is 9.40. The molecule has 0 amide bonds. The Morgan fingerprint density at radius 1 is 1.86 bits per heavy atom. The molecule has 0 aliphatic carbocycles. The van der Waals surface area contributed by atoms with Gasteiger partial charge in [-0.1, -0.05) is 6.92 Å². The molecule has 1 N–H and O–H groups in total. The summed E-state index contributed by atoms with van der Waals surface area (Å²) in [4.78, 5) is 9.40. The summed E-state index contributed by atoms with van der Waals surface area (Å²) in [6.45, 7) is 1.25. The third kappa shape index (κ3) is 6.69. The van der Waals surface area contributed by atoms with E-state index in [2.05, 4.69) is 0 Å². The molecule has 0 spiro atoms. The molecular formula is C3H5CaNO2. The van der Waals surface area contributed by atoms with Gasteiger partial charge in [0.1, 0.15) is 0 Å². The second-order valence-electron chi connectivity index (χ2n) is 1.04. The minimum Gasteiger partial charge on any atom is -0.670 e. The summed E-state index contributed by atoms with van der Waals surface area (Å²) in [6, 6.07) is -1.09. The molecule has 0 fully saturated rings. The van der Waals surface area contributed by atoms with Crippen LogP contribution in [0.3, 0.4) is 0 Å². The Balaban J connectivity index is 0. The number of hydrogen-bond donors (Lipinski definition) is 0. The van der Waals surface area contributed by atoms with E-state index in [4.69, 9.17) is 5.73 Å². The van der Waals surface area contributed by atoms with Crippen molar-refractivity contribution in [1.29, 1.82) is 0 Å². The van der Waals surface area contributed by atoms with E-state index in [1.165, 1.54) is 6.92 Å². The monoisotopic (exact) mass is 127 g/mol. The average Bonchev–Trinajstić information content (AvgIpc) is 1.36. The van der Waals surface area contributed by atoms with E-state index in [0.717, 1.165) is 0 Å². The zero-order valence-electron chi connectivity index (χ0n) is 4.10. The number of carboxylic acids is 1. The van der Waals surface area contributed by atoms with Gasteiger partial charge in [-0.05, 0) is 0 Å². The molecule has 0 aliphatic rings. The van der Waals surface area contributed by atoms with Crippen molar-refractivity contribution in [3.05, 3.63) is 5.73 Å². The van der Waals surface area contributed by atoms with Gasteiger partial charge in [0, 0.05) is 5.97 Å². The van der Waals surface area contributed by atoms with Crippen LogP contribution in [0.5, 0.6) is 0 Å². The van der Waals surface area contributed by atoms with Crippen LogP contribution in [-0.4, -0.2) is 49.7 Å². The van der Waals surface area contributed by atoms with Crippen LogP contribution in [0.1, 0.15) is 6.92 Å². The van der Waals surface area contributed by atoms with Gasteiger partial charge in [0.15, 0.2) is 0 Å². The molecule has 3 nitrogen and oxygen atoms in total. The SMILES string of the molecule is C[C@H]([NH-])C(=O)[O-].[Ca+2]. The molecule has 0 heterocycles. The second-order valence-corrected chi connectivity index (χ2v) is 1.04. The molecule has 0 saturated heterocycles. The van der Waals surface area contributed by atoms with Crippen molar-refractivity contribution in [3.63, 3.8) is 0 Å². The van der Waals surface area contributed by atoms with Crippen molar-refractivity contribution in [2.45, 2.75) is 13.0 Å². The summed E-state index contributed by atoms with van der Waals surface area (Å²) in [5, 5.41) is 9.40. The smallest absolute Gasteiger partial charge is 0.670 e. The third-order valence-corrected chi connectivity index (χ3v) is 0.354. The van der Waals surface area contributed by atoms with E-state index >= 15 is 0 Å². The van der Waals surface area contributed by atoms with E-state index < -0.39 is 12.0 Å². The van der Waals surface area contributed by atoms with Crippen LogP contribution in [-0.2, 0) is 4.79 Å². The zero-order chi connectivity index (χ0) is 5.15. The number of hydrogen-bond acceptors (Lipinski definition) is 2. The summed E-state index contributed by atoms with van der Waals surface area (Å²) < 4.78 is 0. The van der Waals surface area contributed by atoms with Crippen molar-refractivity contribution < 1.29 is 9.90 Å². The van der Waals surface area contributed by atoms with Crippen molar-refractivity contribution in [2.75, 3.05) is 0 Å². The van der Waals surface area contributed by atoms with Gasteiger partial charge in [-0.2, -0.15) is 0 Å². The Kier molecular flexibility index (Phi) is 7.35. The summed E-state index contributed by atoms with van der Waals surface area (Å²) in [5.74, 6) is -1.32. The van der Waals surface area contributed by atoms with Gasteiger partial charge in [0.05, 0.1) is 0 Å². The summed E-state index contributed by atoms with van der Waals surface area (Å²) in [7, 11) is 0. The molecule has 0 aromatic carbocycles. The Morgan fingerprint density at radius 2 is 2.00 bits per heavy atom. The molecule has 0 aliphatic heterocycles. The summed E-state index contributed by atoms with van der Waals surface area (Å²) in [5.41, 5.74) is 6.37. The van der Waals surface area contributed by atoms with Gasteiger partial charge >= 0.3 is 37.7 Å². The first kappa shape index (κ1) is 10.6. The number of carbonyl (C=O) groups is 1. The molecule has 4 heteroatoms. The standard InChI is InChI=1S/C3H6NO2.Ca/c1-2(4)3(5)6;/h2,4H,1H3,(H,5,6);/q-1;+2/p-1/t2-;/m0./s1. The van der Waals surface area contributed by atoms with Crippen LogP contribution in [0, 0.1) is 0 Å². The van der Waals surface area contributed by atoms with Gasteiger partial charge in [-0.3, -0.25) is 0 Å². The van der Waals surface area contributed by atoms with E-state index in [1.54, 1.807) is 0 Å². The molecule has 1 atom stereocenters. The van der Waals surface area contributed by atoms with Gasteiger partial charge < -0.3 is 15.6 Å². The molecule has 0 aromatic heterocycles. The zero-order valence-corrected chi connectivity index (χ0v) is 6.31. The summed E-state index contributed by atoms with van der Waals surface area (Å²) >= 11 is 0. The van der Waals surface area contributed by atoms with E-state index in [-0.39, 0.29) is 37.7 Å². The van der Waals surface area contributed by atoms with Crippen LogP contribution >= 0.6 is 0 Å². The fourth-order valence-corrected chi connectivity index (χ4v) is 0. The number of rotatable bonds is 1. The molecule has 0 radical (unpaired) electrons. The normalized spacial score (nSPS) is 11.7. The number of aliphatic carboxylic acids is 1. The van der Waals surface area contributed by atoms with Crippen molar-refractivity contribution >= 4 is 43.7 Å².